The molecular weight excluding hydrogens is 424 g/mol. The van der Waals surface area contributed by atoms with Gasteiger partial charge in [-0.2, -0.15) is 0 Å². The number of amides is 1. The minimum Gasteiger partial charge on any atom is -0.455 e. The number of para-hydroxylation sites is 1. The quantitative estimate of drug-likeness (QED) is 0.438. The lowest BCUT2D eigenvalue weighted by Gasteiger charge is -2.34. The molecule has 172 valence electrons. The third kappa shape index (κ3) is 4.39. The van der Waals surface area contributed by atoms with E-state index in [4.69, 9.17) is 4.42 Å². The molecule has 0 unspecified atom stereocenters. The van der Waals surface area contributed by atoms with E-state index in [9.17, 15) is 9.59 Å². The van der Waals surface area contributed by atoms with Crippen LogP contribution in [0.25, 0.3) is 22.3 Å². The van der Waals surface area contributed by atoms with Crippen molar-refractivity contribution < 1.29 is 9.21 Å². The zero-order chi connectivity index (χ0) is 23.5. The van der Waals surface area contributed by atoms with Crippen molar-refractivity contribution in [2.45, 2.75) is 13.3 Å². The molecule has 1 amide bonds. The molecule has 0 radical (unpaired) electrons. The van der Waals surface area contributed by atoms with Gasteiger partial charge in [0.2, 0.25) is 0 Å². The smallest absolute Gasteiger partial charge is 0.257 e. The molecule has 0 N–H and O–H groups in total. The monoisotopic (exact) mass is 452 g/mol. The summed E-state index contributed by atoms with van der Waals surface area (Å²) < 4.78 is 6.25. The van der Waals surface area contributed by atoms with Gasteiger partial charge in [-0.25, -0.2) is 0 Å². The van der Waals surface area contributed by atoms with E-state index in [1.165, 1.54) is 5.56 Å². The molecule has 0 aliphatic carbocycles. The molecule has 5 heteroatoms. The summed E-state index contributed by atoms with van der Waals surface area (Å²) in [5, 5.41) is 0.449. The fraction of sp³-hybridized carbons (Fsp3) is 0.241. The number of carbonyl (C=O) groups is 1. The first kappa shape index (κ1) is 22.1. The van der Waals surface area contributed by atoms with Gasteiger partial charge in [0, 0.05) is 43.9 Å². The molecule has 1 saturated heterocycles. The number of hydrogen-bond acceptors (Lipinski definition) is 4. The van der Waals surface area contributed by atoms with Crippen LogP contribution in [0.15, 0.2) is 88.1 Å². The van der Waals surface area contributed by atoms with Gasteiger partial charge in [-0.1, -0.05) is 66.7 Å². The number of benzene rings is 3. The van der Waals surface area contributed by atoms with Crippen molar-refractivity contribution in [3.05, 3.63) is 106 Å². The van der Waals surface area contributed by atoms with Gasteiger partial charge in [0.05, 0.1) is 10.9 Å². The van der Waals surface area contributed by atoms with Gasteiger partial charge in [-0.05, 0) is 31.0 Å². The molecule has 0 bridgehead atoms. The van der Waals surface area contributed by atoms with Gasteiger partial charge in [-0.15, -0.1) is 0 Å². The van der Waals surface area contributed by atoms with E-state index in [0.717, 1.165) is 31.6 Å². The molecule has 5 nitrogen and oxygen atoms in total. The van der Waals surface area contributed by atoms with Crippen molar-refractivity contribution in [1.29, 1.82) is 0 Å². The summed E-state index contributed by atoms with van der Waals surface area (Å²) in [7, 11) is 0. The summed E-state index contributed by atoms with van der Waals surface area (Å²) >= 11 is 0. The molecule has 4 aromatic rings. The number of rotatable bonds is 5. The van der Waals surface area contributed by atoms with Crippen LogP contribution < -0.4 is 5.43 Å². The van der Waals surface area contributed by atoms with Crippen molar-refractivity contribution in [1.82, 2.24) is 9.80 Å². The Morgan fingerprint density at radius 2 is 1.53 bits per heavy atom. The third-order valence-corrected chi connectivity index (χ3v) is 6.63. The Balaban J connectivity index is 1.36. The van der Waals surface area contributed by atoms with Crippen molar-refractivity contribution in [3.63, 3.8) is 0 Å². The SMILES string of the molecule is Cc1c(-c2ccccc2)oc2c(C(=O)N3CCN(CCc4ccccc4)CC3)cccc2c1=O. The van der Waals surface area contributed by atoms with Crippen LogP contribution in [0, 0.1) is 6.92 Å². The predicted molar refractivity (Wildman–Crippen MR) is 135 cm³/mol. The van der Waals surface area contributed by atoms with E-state index in [1.807, 2.05) is 41.3 Å². The molecule has 1 aromatic heterocycles. The van der Waals surface area contributed by atoms with E-state index < -0.39 is 0 Å². The second-order valence-electron chi connectivity index (χ2n) is 8.80. The van der Waals surface area contributed by atoms with Crippen LogP contribution in [-0.4, -0.2) is 48.4 Å². The number of hydrogen-bond donors (Lipinski definition) is 0. The Morgan fingerprint density at radius 1 is 0.853 bits per heavy atom. The normalized spacial score (nSPS) is 14.4. The molecular formula is C29H28N2O3. The van der Waals surface area contributed by atoms with Gasteiger partial charge in [0.1, 0.15) is 5.76 Å². The van der Waals surface area contributed by atoms with Crippen LogP contribution in [0.3, 0.4) is 0 Å². The highest BCUT2D eigenvalue weighted by atomic mass is 16.3. The maximum Gasteiger partial charge on any atom is 0.257 e. The zero-order valence-corrected chi connectivity index (χ0v) is 19.4. The largest absolute Gasteiger partial charge is 0.455 e. The summed E-state index contributed by atoms with van der Waals surface area (Å²) in [6.07, 6.45) is 1.00. The second-order valence-corrected chi connectivity index (χ2v) is 8.80. The second kappa shape index (κ2) is 9.65. The number of carbonyl (C=O) groups excluding carboxylic acids is 1. The summed E-state index contributed by atoms with van der Waals surface area (Å²) in [5.74, 6) is 0.434. The van der Waals surface area contributed by atoms with Crippen molar-refractivity contribution in [3.8, 4) is 11.3 Å². The van der Waals surface area contributed by atoms with Crippen LogP contribution >= 0.6 is 0 Å². The molecule has 1 aliphatic heterocycles. The Kier molecular flexibility index (Phi) is 6.28. The zero-order valence-electron chi connectivity index (χ0n) is 19.4. The predicted octanol–water partition coefficient (Wildman–Crippen LogP) is 4.77. The van der Waals surface area contributed by atoms with Crippen LogP contribution in [0.4, 0.5) is 0 Å². The van der Waals surface area contributed by atoms with Gasteiger partial charge in [-0.3, -0.25) is 14.5 Å². The van der Waals surface area contributed by atoms with Crippen molar-refractivity contribution >= 4 is 16.9 Å². The van der Waals surface area contributed by atoms with Gasteiger partial charge < -0.3 is 9.32 Å². The fourth-order valence-corrected chi connectivity index (χ4v) is 4.62. The van der Waals surface area contributed by atoms with Crippen LogP contribution in [-0.2, 0) is 6.42 Å². The third-order valence-electron chi connectivity index (χ3n) is 6.63. The Morgan fingerprint density at radius 3 is 2.24 bits per heavy atom. The molecule has 0 saturated carbocycles. The summed E-state index contributed by atoms with van der Waals surface area (Å²) in [4.78, 5) is 30.9. The Labute approximate surface area is 199 Å². The minimum atomic E-state index is -0.0968. The topological polar surface area (TPSA) is 53.8 Å². The van der Waals surface area contributed by atoms with E-state index in [0.29, 0.717) is 40.9 Å². The lowest BCUT2D eigenvalue weighted by Crippen LogP contribution is -2.49. The number of piperazine rings is 1. The summed E-state index contributed by atoms with van der Waals surface area (Å²) in [6, 6.07) is 25.3. The average molecular weight is 453 g/mol. The molecule has 34 heavy (non-hydrogen) atoms. The first-order valence-electron chi connectivity index (χ1n) is 11.8. The fourth-order valence-electron chi connectivity index (χ4n) is 4.62. The number of nitrogens with zero attached hydrogens (tertiary/aromatic N) is 2. The van der Waals surface area contributed by atoms with E-state index >= 15 is 0 Å². The molecule has 3 aromatic carbocycles. The number of fused-ring (bicyclic) bond motifs is 1. The molecule has 1 aliphatic rings. The van der Waals surface area contributed by atoms with Gasteiger partial charge >= 0.3 is 0 Å². The highest BCUT2D eigenvalue weighted by Crippen LogP contribution is 2.28. The lowest BCUT2D eigenvalue weighted by atomic mass is 10.0. The molecule has 2 heterocycles. The molecule has 5 rings (SSSR count). The lowest BCUT2D eigenvalue weighted by molar-refractivity contribution is 0.0639. The highest BCUT2D eigenvalue weighted by Gasteiger charge is 2.25. The molecule has 0 spiro atoms. The molecule has 1 fully saturated rings. The Hall–Kier alpha value is -3.70. The van der Waals surface area contributed by atoms with E-state index in [-0.39, 0.29) is 11.3 Å². The maximum atomic E-state index is 13.5. The highest BCUT2D eigenvalue weighted by molar-refractivity contribution is 6.05. The average Bonchev–Trinajstić information content (AvgIpc) is 2.90. The first-order valence-corrected chi connectivity index (χ1v) is 11.8. The Bertz CT molecular complexity index is 1360. The minimum absolute atomic E-state index is 0.0840. The van der Waals surface area contributed by atoms with Crippen LogP contribution in [0.2, 0.25) is 0 Å². The van der Waals surface area contributed by atoms with E-state index in [2.05, 4.69) is 29.2 Å². The van der Waals surface area contributed by atoms with Gasteiger partial charge in [0.25, 0.3) is 5.91 Å². The van der Waals surface area contributed by atoms with Gasteiger partial charge in [0.15, 0.2) is 11.0 Å². The van der Waals surface area contributed by atoms with Crippen LogP contribution in [0.5, 0.6) is 0 Å². The summed E-state index contributed by atoms with van der Waals surface area (Å²) in [6.45, 7) is 5.74. The first-order chi connectivity index (χ1) is 16.6. The standard InChI is InChI=1S/C29H28N2O3/c1-21-26(32)24-13-8-14-25(28(24)34-27(21)23-11-6-3-7-12-23)29(33)31-19-17-30(18-20-31)16-15-22-9-4-2-5-10-22/h2-14H,15-20H2,1H3. The van der Waals surface area contributed by atoms with Crippen molar-refractivity contribution in [2.24, 2.45) is 0 Å². The van der Waals surface area contributed by atoms with Crippen molar-refractivity contribution in [2.75, 3.05) is 32.7 Å². The summed E-state index contributed by atoms with van der Waals surface area (Å²) in [5.41, 5.74) is 3.43. The molecule has 0 atom stereocenters. The van der Waals surface area contributed by atoms with E-state index in [1.54, 1.807) is 25.1 Å². The maximum absolute atomic E-state index is 13.5. The van der Waals surface area contributed by atoms with Crippen LogP contribution in [0.1, 0.15) is 21.5 Å².